The number of halogens is 1. The number of benzene rings is 1. The first-order chi connectivity index (χ1) is 8.11. The molecule has 2 nitrogen and oxygen atoms in total. The van der Waals surface area contributed by atoms with Crippen molar-refractivity contribution in [2.75, 3.05) is 13.7 Å². The highest BCUT2D eigenvalue weighted by Crippen LogP contribution is 2.08. The Bertz CT molecular complexity index is 328. The normalized spacial score (nSPS) is 13.0. The van der Waals surface area contributed by atoms with E-state index in [9.17, 15) is 4.39 Å². The zero-order valence-corrected chi connectivity index (χ0v) is 10.9. The maximum atomic E-state index is 13.0. The molecule has 3 heteroatoms. The fourth-order valence-electron chi connectivity index (χ4n) is 1.74. The first-order valence-electron chi connectivity index (χ1n) is 6.15. The Hall–Kier alpha value is -0.930. The van der Waals surface area contributed by atoms with Gasteiger partial charge in [-0.1, -0.05) is 12.1 Å². The molecule has 1 atom stereocenters. The molecule has 1 unspecified atom stereocenters. The fourth-order valence-corrected chi connectivity index (χ4v) is 1.74. The van der Waals surface area contributed by atoms with Gasteiger partial charge < -0.3 is 10.1 Å². The number of likely N-dealkylation sites (N-methyl/N-ethyl adjacent to an activating group) is 1. The second kappa shape index (κ2) is 7.41. The minimum absolute atomic E-state index is 0.171. The fraction of sp³-hybridized carbons (Fsp3) is 0.571. The largest absolute Gasteiger partial charge is 0.379 e. The summed E-state index contributed by atoms with van der Waals surface area (Å²) in [5, 5.41) is 3.24. The second-order valence-electron chi connectivity index (χ2n) is 4.53. The minimum Gasteiger partial charge on any atom is -0.379 e. The zero-order valence-electron chi connectivity index (χ0n) is 10.9. The van der Waals surface area contributed by atoms with Crippen molar-refractivity contribution in [3.05, 3.63) is 35.6 Å². The SMILES string of the molecule is CNC(CCOC(C)C)Cc1cccc(F)c1. The van der Waals surface area contributed by atoms with Gasteiger partial charge in [-0.15, -0.1) is 0 Å². The van der Waals surface area contributed by atoms with Crippen LogP contribution in [0.1, 0.15) is 25.8 Å². The van der Waals surface area contributed by atoms with Gasteiger partial charge in [0, 0.05) is 12.6 Å². The van der Waals surface area contributed by atoms with Crippen molar-refractivity contribution in [3.8, 4) is 0 Å². The molecule has 1 N–H and O–H groups in total. The lowest BCUT2D eigenvalue weighted by Gasteiger charge is -2.17. The van der Waals surface area contributed by atoms with E-state index < -0.39 is 0 Å². The Balaban J connectivity index is 2.41. The average molecular weight is 239 g/mol. The summed E-state index contributed by atoms with van der Waals surface area (Å²) >= 11 is 0. The highest BCUT2D eigenvalue weighted by atomic mass is 19.1. The number of ether oxygens (including phenoxy) is 1. The van der Waals surface area contributed by atoms with E-state index in [-0.39, 0.29) is 11.9 Å². The lowest BCUT2D eigenvalue weighted by atomic mass is 10.0. The summed E-state index contributed by atoms with van der Waals surface area (Å²) in [4.78, 5) is 0. The Morgan fingerprint density at radius 3 is 2.71 bits per heavy atom. The van der Waals surface area contributed by atoms with Crippen LogP contribution in [0.15, 0.2) is 24.3 Å². The van der Waals surface area contributed by atoms with Crippen LogP contribution in [0.4, 0.5) is 4.39 Å². The van der Waals surface area contributed by atoms with Gasteiger partial charge in [0.2, 0.25) is 0 Å². The van der Waals surface area contributed by atoms with Gasteiger partial charge in [-0.25, -0.2) is 4.39 Å². The van der Waals surface area contributed by atoms with Crippen LogP contribution in [-0.4, -0.2) is 25.8 Å². The molecule has 0 radical (unpaired) electrons. The quantitative estimate of drug-likeness (QED) is 0.790. The summed E-state index contributed by atoms with van der Waals surface area (Å²) in [6, 6.07) is 7.10. The number of hydrogen-bond donors (Lipinski definition) is 1. The van der Waals surface area contributed by atoms with Gasteiger partial charge in [0.25, 0.3) is 0 Å². The lowest BCUT2D eigenvalue weighted by molar-refractivity contribution is 0.0720. The molecular formula is C14H22FNO. The van der Waals surface area contributed by atoms with E-state index >= 15 is 0 Å². The van der Waals surface area contributed by atoms with Crippen molar-refractivity contribution in [2.45, 2.75) is 38.8 Å². The predicted octanol–water partition coefficient (Wildman–Crippen LogP) is 2.77. The second-order valence-corrected chi connectivity index (χ2v) is 4.53. The van der Waals surface area contributed by atoms with Crippen LogP contribution in [-0.2, 0) is 11.2 Å². The summed E-state index contributed by atoms with van der Waals surface area (Å²) in [6.45, 7) is 4.79. The van der Waals surface area contributed by atoms with Crippen molar-refractivity contribution in [1.82, 2.24) is 5.32 Å². The van der Waals surface area contributed by atoms with E-state index in [1.807, 2.05) is 27.0 Å². The Morgan fingerprint density at radius 2 is 2.12 bits per heavy atom. The predicted molar refractivity (Wildman–Crippen MR) is 68.7 cm³/mol. The molecule has 0 bridgehead atoms. The summed E-state index contributed by atoms with van der Waals surface area (Å²) in [5.41, 5.74) is 1.02. The van der Waals surface area contributed by atoms with Crippen LogP contribution >= 0.6 is 0 Å². The van der Waals surface area contributed by atoms with Crippen molar-refractivity contribution in [1.29, 1.82) is 0 Å². The van der Waals surface area contributed by atoms with Gasteiger partial charge in [-0.05, 0) is 51.4 Å². The van der Waals surface area contributed by atoms with Crippen LogP contribution < -0.4 is 5.32 Å². The molecule has 0 saturated heterocycles. The van der Waals surface area contributed by atoms with Gasteiger partial charge >= 0.3 is 0 Å². The molecule has 1 aromatic carbocycles. The molecule has 0 aliphatic rings. The van der Waals surface area contributed by atoms with Crippen LogP contribution in [0.3, 0.4) is 0 Å². The van der Waals surface area contributed by atoms with E-state index in [1.54, 1.807) is 12.1 Å². The molecule has 0 fully saturated rings. The molecule has 0 heterocycles. The Morgan fingerprint density at radius 1 is 1.35 bits per heavy atom. The molecular weight excluding hydrogens is 217 g/mol. The van der Waals surface area contributed by atoms with Crippen LogP contribution in [0, 0.1) is 5.82 Å². The first kappa shape index (κ1) is 14.1. The van der Waals surface area contributed by atoms with Crippen molar-refractivity contribution >= 4 is 0 Å². The molecule has 0 spiro atoms. The summed E-state index contributed by atoms with van der Waals surface area (Å²) in [6.07, 6.45) is 2.03. The van der Waals surface area contributed by atoms with Crippen LogP contribution in [0.5, 0.6) is 0 Å². The van der Waals surface area contributed by atoms with Gasteiger partial charge in [-0.3, -0.25) is 0 Å². The summed E-state index contributed by atoms with van der Waals surface area (Å²) in [5.74, 6) is -0.171. The van der Waals surface area contributed by atoms with Crippen molar-refractivity contribution in [2.24, 2.45) is 0 Å². The maximum absolute atomic E-state index is 13.0. The third-order valence-electron chi connectivity index (χ3n) is 2.70. The monoisotopic (exact) mass is 239 g/mol. The smallest absolute Gasteiger partial charge is 0.123 e. The first-order valence-corrected chi connectivity index (χ1v) is 6.15. The zero-order chi connectivity index (χ0) is 12.7. The van der Waals surface area contributed by atoms with Gasteiger partial charge in [0.1, 0.15) is 5.82 Å². The third kappa shape index (κ3) is 5.80. The van der Waals surface area contributed by atoms with E-state index in [4.69, 9.17) is 4.74 Å². The molecule has 17 heavy (non-hydrogen) atoms. The van der Waals surface area contributed by atoms with E-state index in [0.717, 1.165) is 25.0 Å². The number of hydrogen-bond acceptors (Lipinski definition) is 2. The van der Waals surface area contributed by atoms with Crippen molar-refractivity contribution in [3.63, 3.8) is 0 Å². The lowest BCUT2D eigenvalue weighted by Crippen LogP contribution is -2.29. The Labute approximate surface area is 103 Å². The van der Waals surface area contributed by atoms with E-state index in [0.29, 0.717) is 6.04 Å². The molecule has 1 aromatic rings. The standard InChI is InChI=1S/C14H22FNO/c1-11(2)17-8-7-14(16-3)10-12-5-4-6-13(15)9-12/h4-6,9,11,14,16H,7-8,10H2,1-3H3. The average Bonchev–Trinajstić information content (AvgIpc) is 2.27. The molecule has 0 aliphatic carbocycles. The molecule has 0 amide bonds. The van der Waals surface area contributed by atoms with Gasteiger partial charge in [0.15, 0.2) is 0 Å². The maximum Gasteiger partial charge on any atom is 0.123 e. The molecule has 1 rings (SSSR count). The van der Waals surface area contributed by atoms with Gasteiger partial charge in [-0.2, -0.15) is 0 Å². The number of nitrogens with one attached hydrogen (secondary N) is 1. The molecule has 0 aliphatic heterocycles. The third-order valence-corrected chi connectivity index (χ3v) is 2.70. The molecule has 0 aromatic heterocycles. The topological polar surface area (TPSA) is 21.3 Å². The summed E-state index contributed by atoms with van der Waals surface area (Å²) < 4.78 is 18.6. The highest BCUT2D eigenvalue weighted by Gasteiger charge is 2.08. The van der Waals surface area contributed by atoms with Crippen LogP contribution in [0.2, 0.25) is 0 Å². The van der Waals surface area contributed by atoms with Crippen molar-refractivity contribution < 1.29 is 9.13 Å². The Kier molecular flexibility index (Phi) is 6.16. The number of rotatable bonds is 7. The van der Waals surface area contributed by atoms with E-state index in [2.05, 4.69) is 5.32 Å². The minimum atomic E-state index is -0.171. The summed E-state index contributed by atoms with van der Waals surface area (Å²) in [7, 11) is 1.93. The molecule has 96 valence electrons. The highest BCUT2D eigenvalue weighted by molar-refractivity contribution is 5.17. The van der Waals surface area contributed by atoms with Crippen LogP contribution in [0.25, 0.3) is 0 Å². The molecule has 0 saturated carbocycles. The van der Waals surface area contributed by atoms with E-state index in [1.165, 1.54) is 6.07 Å². The van der Waals surface area contributed by atoms with Gasteiger partial charge in [0.05, 0.1) is 6.10 Å².